The lowest BCUT2D eigenvalue weighted by atomic mass is 9.81. The Kier molecular flexibility index (Phi) is 3.70. The van der Waals surface area contributed by atoms with E-state index < -0.39 is 17.2 Å². The maximum Gasteiger partial charge on any atom is 0.327 e. The maximum atomic E-state index is 12.8. The summed E-state index contributed by atoms with van der Waals surface area (Å²) in [6.07, 6.45) is 0. The van der Waals surface area contributed by atoms with Crippen molar-refractivity contribution in [2.24, 2.45) is 0 Å². The summed E-state index contributed by atoms with van der Waals surface area (Å²) in [5.41, 5.74) is 1.84. The molecule has 1 unspecified atom stereocenters. The standard InChI is InChI=1S/C22H17N3O4/c1-29-16-10-12(7-9-15(16)26)17-14-8-6-11-4-2-3-5-13(11)19(14)23-20-18(17)21(27)25-22(28)24-20/h2-10,17,26H,1H3,(H3,23,24,25,27,28). The molecule has 29 heavy (non-hydrogen) atoms. The highest BCUT2D eigenvalue weighted by molar-refractivity contribution is 5.99. The summed E-state index contributed by atoms with van der Waals surface area (Å²) in [5.74, 6) is 0.228. The van der Waals surface area contributed by atoms with Crippen molar-refractivity contribution < 1.29 is 9.84 Å². The fourth-order valence-electron chi connectivity index (χ4n) is 4.04. The summed E-state index contributed by atoms with van der Waals surface area (Å²) in [5, 5.41) is 15.3. The van der Waals surface area contributed by atoms with Gasteiger partial charge in [0.1, 0.15) is 5.82 Å². The van der Waals surface area contributed by atoms with E-state index in [1.54, 1.807) is 12.1 Å². The lowest BCUT2D eigenvalue weighted by Crippen LogP contribution is -2.31. The monoisotopic (exact) mass is 387 g/mol. The van der Waals surface area contributed by atoms with E-state index in [9.17, 15) is 14.7 Å². The van der Waals surface area contributed by atoms with E-state index in [1.807, 2.05) is 36.4 Å². The van der Waals surface area contributed by atoms with Crippen LogP contribution in [0.2, 0.25) is 0 Å². The SMILES string of the molecule is COc1cc(C2c3ccc4ccccc4c3Nc3[nH]c(=O)[nH]c(=O)c32)ccc1O. The summed E-state index contributed by atoms with van der Waals surface area (Å²) >= 11 is 0. The van der Waals surface area contributed by atoms with Gasteiger partial charge in [0.25, 0.3) is 5.56 Å². The largest absolute Gasteiger partial charge is 0.504 e. The molecule has 1 aromatic heterocycles. The first-order valence-electron chi connectivity index (χ1n) is 9.09. The molecule has 144 valence electrons. The third-order valence-corrected chi connectivity index (χ3v) is 5.33. The Hall–Kier alpha value is -4.00. The van der Waals surface area contributed by atoms with Gasteiger partial charge < -0.3 is 15.2 Å². The summed E-state index contributed by atoms with van der Waals surface area (Å²) in [6.45, 7) is 0. The molecule has 2 heterocycles. The van der Waals surface area contributed by atoms with Gasteiger partial charge in [0, 0.05) is 11.3 Å². The van der Waals surface area contributed by atoms with E-state index in [0.717, 1.165) is 27.6 Å². The minimum absolute atomic E-state index is 0.0134. The number of benzene rings is 3. The first kappa shape index (κ1) is 17.1. The zero-order valence-corrected chi connectivity index (χ0v) is 15.4. The van der Waals surface area contributed by atoms with Gasteiger partial charge in [-0.2, -0.15) is 0 Å². The maximum absolute atomic E-state index is 12.8. The molecule has 0 bridgehead atoms. The van der Waals surface area contributed by atoms with E-state index >= 15 is 0 Å². The first-order chi connectivity index (χ1) is 14.1. The Morgan fingerprint density at radius 2 is 1.83 bits per heavy atom. The molecule has 0 fully saturated rings. The van der Waals surface area contributed by atoms with Gasteiger partial charge in [-0.05, 0) is 28.6 Å². The Bertz CT molecular complexity index is 1390. The van der Waals surface area contributed by atoms with Crippen molar-refractivity contribution in [3.8, 4) is 11.5 Å². The second-order valence-corrected chi connectivity index (χ2v) is 6.94. The van der Waals surface area contributed by atoms with E-state index in [2.05, 4.69) is 15.3 Å². The number of phenols is 1. The second-order valence-electron chi connectivity index (χ2n) is 6.94. The minimum Gasteiger partial charge on any atom is -0.504 e. The number of ether oxygens (including phenoxy) is 1. The highest BCUT2D eigenvalue weighted by Crippen LogP contribution is 2.46. The van der Waals surface area contributed by atoms with Gasteiger partial charge in [0.05, 0.1) is 18.4 Å². The quantitative estimate of drug-likeness (QED) is 0.372. The third-order valence-electron chi connectivity index (χ3n) is 5.33. The molecule has 4 N–H and O–H groups in total. The van der Waals surface area contributed by atoms with Crippen molar-refractivity contribution >= 4 is 22.3 Å². The number of hydrogen-bond acceptors (Lipinski definition) is 5. The Labute approximate surface area is 164 Å². The van der Waals surface area contributed by atoms with Gasteiger partial charge in [-0.3, -0.25) is 14.8 Å². The molecule has 4 aromatic rings. The summed E-state index contributed by atoms with van der Waals surface area (Å²) in [6, 6.07) is 16.9. The predicted molar refractivity (Wildman–Crippen MR) is 111 cm³/mol. The molecule has 0 saturated heterocycles. The van der Waals surface area contributed by atoms with Crippen LogP contribution in [0, 0.1) is 0 Å². The Morgan fingerprint density at radius 1 is 1.00 bits per heavy atom. The van der Waals surface area contributed by atoms with Crippen LogP contribution in [0.15, 0.2) is 64.2 Å². The van der Waals surface area contributed by atoms with Gasteiger partial charge in [-0.25, -0.2) is 4.79 Å². The molecular formula is C22H17N3O4. The van der Waals surface area contributed by atoms with Crippen LogP contribution < -0.4 is 21.3 Å². The van der Waals surface area contributed by atoms with Crippen LogP contribution in [0.1, 0.15) is 22.6 Å². The number of hydrogen-bond donors (Lipinski definition) is 4. The number of phenolic OH excluding ortho intramolecular Hbond substituents is 1. The van der Waals surface area contributed by atoms with Gasteiger partial charge in [-0.15, -0.1) is 0 Å². The van der Waals surface area contributed by atoms with Crippen LogP contribution >= 0.6 is 0 Å². The summed E-state index contributed by atoms with van der Waals surface area (Å²) < 4.78 is 5.26. The lowest BCUT2D eigenvalue weighted by molar-refractivity contribution is 0.373. The zero-order chi connectivity index (χ0) is 20.1. The molecule has 5 rings (SSSR count). The molecule has 1 atom stereocenters. The number of fused-ring (bicyclic) bond motifs is 4. The molecule has 1 aliphatic rings. The van der Waals surface area contributed by atoms with E-state index in [4.69, 9.17) is 4.74 Å². The van der Waals surface area contributed by atoms with Crippen molar-refractivity contribution in [2.45, 2.75) is 5.92 Å². The highest BCUT2D eigenvalue weighted by Gasteiger charge is 2.32. The molecule has 0 amide bonds. The normalized spacial score (nSPS) is 14.7. The van der Waals surface area contributed by atoms with Crippen LogP contribution in [-0.4, -0.2) is 22.2 Å². The predicted octanol–water partition coefficient (Wildman–Crippen LogP) is 3.17. The summed E-state index contributed by atoms with van der Waals surface area (Å²) in [4.78, 5) is 29.7. The van der Waals surface area contributed by atoms with Crippen LogP contribution in [0.3, 0.4) is 0 Å². The smallest absolute Gasteiger partial charge is 0.327 e. The molecular weight excluding hydrogens is 370 g/mol. The molecule has 0 aliphatic carbocycles. The Morgan fingerprint density at radius 3 is 2.66 bits per heavy atom. The van der Waals surface area contributed by atoms with Crippen molar-refractivity contribution in [1.29, 1.82) is 0 Å². The molecule has 0 saturated carbocycles. The number of nitrogens with one attached hydrogen (secondary N) is 3. The number of rotatable bonds is 2. The van der Waals surface area contributed by atoms with Gasteiger partial charge in [0.15, 0.2) is 11.5 Å². The van der Waals surface area contributed by atoms with Crippen molar-refractivity contribution in [2.75, 3.05) is 12.4 Å². The van der Waals surface area contributed by atoms with Crippen LogP contribution in [0.25, 0.3) is 10.8 Å². The van der Waals surface area contributed by atoms with Gasteiger partial charge in [-0.1, -0.05) is 42.5 Å². The van der Waals surface area contributed by atoms with E-state index in [1.165, 1.54) is 13.2 Å². The minimum atomic E-state index is -0.577. The number of anilines is 2. The molecule has 7 heteroatoms. The third kappa shape index (κ3) is 2.59. The number of aromatic nitrogens is 2. The molecule has 0 radical (unpaired) electrons. The molecule has 0 spiro atoms. The molecule has 1 aliphatic heterocycles. The average molecular weight is 387 g/mol. The highest BCUT2D eigenvalue weighted by atomic mass is 16.5. The van der Waals surface area contributed by atoms with Crippen molar-refractivity contribution in [3.05, 3.63) is 92.1 Å². The number of H-pyrrole nitrogens is 2. The lowest BCUT2D eigenvalue weighted by Gasteiger charge is -2.29. The average Bonchev–Trinajstić information content (AvgIpc) is 2.72. The Balaban J connectivity index is 1.86. The molecule has 3 aromatic carbocycles. The second kappa shape index (κ2) is 6.27. The van der Waals surface area contributed by atoms with Crippen LogP contribution in [0.5, 0.6) is 11.5 Å². The van der Waals surface area contributed by atoms with Crippen LogP contribution in [0.4, 0.5) is 11.5 Å². The van der Waals surface area contributed by atoms with E-state index in [0.29, 0.717) is 17.1 Å². The number of aromatic amines is 2. The summed E-state index contributed by atoms with van der Waals surface area (Å²) in [7, 11) is 1.47. The van der Waals surface area contributed by atoms with Crippen molar-refractivity contribution in [1.82, 2.24) is 9.97 Å². The van der Waals surface area contributed by atoms with Crippen LogP contribution in [-0.2, 0) is 0 Å². The fraction of sp³-hybridized carbons (Fsp3) is 0.0909. The van der Waals surface area contributed by atoms with E-state index in [-0.39, 0.29) is 5.75 Å². The topological polar surface area (TPSA) is 107 Å². The van der Waals surface area contributed by atoms with Gasteiger partial charge >= 0.3 is 5.69 Å². The molecule has 7 nitrogen and oxygen atoms in total. The zero-order valence-electron chi connectivity index (χ0n) is 15.4. The number of methoxy groups -OCH3 is 1. The van der Waals surface area contributed by atoms with Gasteiger partial charge in [0.2, 0.25) is 0 Å². The van der Waals surface area contributed by atoms with Crippen molar-refractivity contribution in [3.63, 3.8) is 0 Å². The number of aromatic hydroxyl groups is 1. The first-order valence-corrected chi connectivity index (χ1v) is 9.09. The fourth-order valence-corrected chi connectivity index (χ4v) is 4.04.